The van der Waals surface area contributed by atoms with E-state index < -0.39 is 10.0 Å². The van der Waals surface area contributed by atoms with Crippen LogP contribution in [0.2, 0.25) is 15.1 Å². The Morgan fingerprint density at radius 3 is 2.25 bits per heavy atom. The summed E-state index contributed by atoms with van der Waals surface area (Å²) in [6, 6.07) is 17.8. The predicted octanol–water partition coefficient (Wildman–Crippen LogP) is 6.96. The number of carbonyl (C=O) groups is 1. The number of carbonyl (C=O) groups excluding carboxylic acids is 1. The van der Waals surface area contributed by atoms with Crippen molar-refractivity contribution >= 4 is 73.9 Å². The van der Waals surface area contributed by atoms with E-state index in [2.05, 4.69) is 10.0 Å². The maximum atomic E-state index is 12.7. The van der Waals surface area contributed by atoms with Crippen LogP contribution < -0.4 is 10.0 Å². The summed E-state index contributed by atoms with van der Waals surface area (Å²) in [5.41, 5.74) is 0.673. The molecule has 0 fully saturated rings. The van der Waals surface area contributed by atoms with E-state index in [0.717, 1.165) is 4.90 Å². The quantitative estimate of drug-likeness (QED) is 0.309. The summed E-state index contributed by atoms with van der Waals surface area (Å²) in [6.45, 7) is 1.93. The Hall–Kier alpha value is -1.90. The molecule has 5 nitrogen and oxygen atoms in total. The van der Waals surface area contributed by atoms with Crippen LogP contribution in [0.25, 0.3) is 0 Å². The van der Waals surface area contributed by atoms with Gasteiger partial charge in [-0.1, -0.05) is 47.8 Å². The van der Waals surface area contributed by atoms with Crippen LogP contribution in [0.15, 0.2) is 76.5 Å². The van der Waals surface area contributed by atoms with Gasteiger partial charge in [0, 0.05) is 15.6 Å². The zero-order valence-electron chi connectivity index (χ0n) is 16.8. The van der Waals surface area contributed by atoms with Crippen molar-refractivity contribution in [3.05, 3.63) is 81.8 Å². The van der Waals surface area contributed by atoms with Gasteiger partial charge in [0.15, 0.2) is 0 Å². The number of hydrogen-bond donors (Lipinski definition) is 2. The fourth-order valence-corrected chi connectivity index (χ4v) is 5.28. The zero-order chi connectivity index (χ0) is 23.3. The Labute approximate surface area is 206 Å². The normalized spacial score (nSPS) is 12.2. The van der Waals surface area contributed by atoms with Gasteiger partial charge in [0.1, 0.15) is 0 Å². The second-order valence-electron chi connectivity index (χ2n) is 6.69. The lowest BCUT2D eigenvalue weighted by Gasteiger charge is -2.15. The minimum Gasteiger partial charge on any atom is -0.325 e. The topological polar surface area (TPSA) is 75.3 Å². The summed E-state index contributed by atoms with van der Waals surface area (Å²) < 4.78 is 27.8. The third kappa shape index (κ3) is 6.33. The van der Waals surface area contributed by atoms with Crippen molar-refractivity contribution in [1.82, 2.24) is 0 Å². The van der Waals surface area contributed by atoms with Crippen molar-refractivity contribution in [1.29, 1.82) is 0 Å². The number of anilines is 2. The lowest BCUT2D eigenvalue weighted by atomic mass is 10.3. The molecule has 0 saturated heterocycles. The fourth-order valence-electron chi connectivity index (χ4n) is 2.73. The third-order valence-electron chi connectivity index (χ3n) is 4.38. The molecule has 0 aliphatic rings. The minimum absolute atomic E-state index is 0.0223. The highest BCUT2D eigenvalue weighted by Crippen LogP contribution is 2.31. The summed E-state index contributed by atoms with van der Waals surface area (Å²) in [6.07, 6.45) is 0.621. The first-order valence-corrected chi connectivity index (χ1v) is 13.0. The largest absolute Gasteiger partial charge is 0.325 e. The molecule has 0 heterocycles. The first-order chi connectivity index (χ1) is 15.2. The number of thioether (sulfide) groups is 1. The Kier molecular flexibility index (Phi) is 8.36. The van der Waals surface area contributed by atoms with E-state index in [4.69, 9.17) is 34.8 Å². The molecule has 10 heteroatoms. The van der Waals surface area contributed by atoms with E-state index in [0.29, 0.717) is 17.1 Å². The Balaban J connectivity index is 1.68. The molecular formula is C22H19Cl3N2O3S2. The molecule has 168 valence electrons. The van der Waals surface area contributed by atoms with Crippen LogP contribution in [0, 0.1) is 0 Å². The van der Waals surface area contributed by atoms with Gasteiger partial charge >= 0.3 is 0 Å². The summed E-state index contributed by atoms with van der Waals surface area (Å²) in [4.78, 5) is 13.6. The lowest BCUT2D eigenvalue weighted by molar-refractivity contribution is -0.115. The molecule has 0 aliphatic heterocycles. The van der Waals surface area contributed by atoms with Crippen molar-refractivity contribution in [3.8, 4) is 0 Å². The van der Waals surface area contributed by atoms with E-state index in [1.54, 1.807) is 24.3 Å². The van der Waals surface area contributed by atoms with Gasteiger partial charge in [0.05, 0.1) is 25.9 Å². The van der Waals surface area contributed by atoms with Gasteiger partial charge in [-0.2, -0.15) is 0 Å². The Bertz CT molecular complexity index is 1200. The molecule has 1 atom stereocenters. The lowest BCUT2D eigenvalue weighted by Crippen LogP contribution is -2.24. The zero-order valence-corrected chi connectivity index (χ0v) is 20.7. The number of hydrogen-bond acceptors (Lipinski definition) is 4. The van der Waals surface area contributed by atoms with E-state index in [-0.39, 0.29) is 31.8 Å². The third-order valence-corrected chi connectivity index (χ3v) is 8.21. The smallest absolute Gasteiger partial charge is 0.261 e. The average molecular weight is 530 g/mol. The second kappa shape index (κ2) is 10.8. The molecule has 3 rings (SSSR count). The number of benzene rings is 3. The molecule has 0 radical (unpaired) electrons. The van der Waals surface area contributed by atoms with Gasteiger partial charge in [-0.15, -0.1) is 11.8 Å². The van der Waals surface area contributed by atoms with Crippen molar-refractivity contribution in [3.63, 3.8) is 0 Å². The molecule has 0 spiro atoms. The second-order valence-corrected chi connectivity index (χ2v) is 10.9. The summed E-state index contributed by atoms with van der Waals surface area (Å²) in [5.74, 6) is -0.174. The van der Waals surface area contributed by atoms with Crippen LogP contribution in [0.1, 0.15) is 13.3 Å². The summed E-state index contributed by atoms with van der Waals surface area (Å²) in [7, 11) is -3.88. The number of rotatable bonds is 8. The Morgan fingerprint density at radius 1 is 0.969 bits per heavy atom. The SMILES string of the molecule is CCC(Sc1ccc(Cl)cc1)C(=O)Nc1ccc(S(=O)(=O)Nc2cccc(Cl)c2Cl)cc1. The molecule has 2 N–H and O–H groups in total. The van der Waals surface area contributed by atoms with Crippen molar-refractivity contribution in [2.45, 2.75) is 28.4 Å². The fraction of sp³-hybridized carbons (Fsp3) is 0.136. The first-order valence-electron chi connectivity index (χ1n) is 9.49. The highest BCUT2D eigenvalue weighted by Gasteiger charge is 2.20. The van der Waals surface area contributed by atoms with Crippen molar-refractivity contribution < 1.29 is 13.2 Å². The number of nitrogens with one attached hydrogen (secondary N) is 2. The van der Waals surface area contributed by atoms with Gasteiger partial charge in [0.2, 0.25) is 5.91 Å². The van der Waals surface area contributed by atoms with Crippen LogP contribution in [-0.2, 0) is 14.8 Å². The van der Waals surface area contributed by atoms with Gasteiger partial charge in [0.25, 0.3) is 10.0 Å². The molecule has 3 aromatic rings. The number of halogens is 3. The average Bonchev–Trinajstić information content (AvgIpc) is 2.76. The van der Waals surface area contributed by atoms with Gasteiger partial charge in [-0.3, -0.25) is 9.52 Å². The highest BCUT2D eigenvalue weighted by atomic mass is 35.5. The summed E-state index contributed by atoms with van der Waals surface area (Å²) in [5, 5.41) is 3.51. The monoisotopic (exact) mass is 528 g/mol. The molecule has 1 amide bonds. The van der Waals surface area contributed by atoms with E-state index in [1.807, 2.05) is 19.1 Å². The van der Waals surface area contributed by atoms with Gasteiger partial charge in [-0.05, 0) is 67.1 Å². The predicted molar refractivity (Wildman–Crippen MR) is 134 cm³/mol. The van der Waals surface area contributed by atoms with Crippen molar-refractivity contribution in [2.24, 2.45) is 0 Å². The number of sulfonamides is 1. The van der Waals surface area contributed by atoms with Crippen LogP contribution in [0.3, 0.4) is 0 Å². The Morgan fingerprint density at radius 2 is 1.62 bits per heavy atom. The van der Waals surface area contributed by atoms with Crippen LogP contribution in [-0.4, -0.2) is 19.6 Å². The highest BCUT2D eigenvalue weighted by molar-refractivity contribution is 8.00. The molecule has 0 aliphatic carbocycles. The maximum Gasteiger partial charge on any atom is 0.261 e. The number of amides is 1. The van der Waals surface area contributed by atoms with Crippen LogP contribution in [0.4, 0.5) is 11.4 Å². The molecule has 32 heavy (non-hydrogen) atoms. The van der Waals surface area contributed by atoms with Gasteiger partial charge in [-0.25, -0.2) is 8.42 Å². The van der Waals surface area contributed by atoms with E-state index >= 15 is 0 Å². The molecular weight excluding hydrogens is 511 g/mol. The van der Waals surface area contributed by atoms with Crippen molar-refractivity contribution in [2.75, 3.05) is 10.0 Å². The molecule has 3 aromatic carbocycles. The molecule has 0 bridgehead atoms. The van der Waals surface area contributed by atoms with Crippen LogP contribution in [0.5, 0.6) is 0 Å². The molecule has 1 unspecified atom stereocenters. The van der Waals surface area contributed by atoms with Crippen LogP contribution >= 0.6 is 46.6 Å². The van der Waals surface area contributed by atoms with E-state index in [1.165, 1.54) is 42.1 Å². The first kappa shape index (κ1) is 24.7. The summed E-state index contributed by atoms with van der Waals surface area (Å²) >= 11 is 19.3. The van der Waals surface area contributed by atoms with E-state index in [9.17, 15) is 13.2 Å². The molecule has 0 aromatic heterocycles. The molecule has 0 saturated carbocycles. The standard InChI is InChI=1S/C22H19Cl3N2O3S2/c1-2-20(31-16-10-6-14(23)7-11-16)22(28)26-15-8-12-17(13-9-15)32(29,30)27-19-5-3-4-18(24)21(19)25/h3-13,20,27H,2H2,1H3,(H,26,28). The minimum atomic E-state index is -3.88. The van der Waals surface area contributed by atoms with Gasteiger partial charge < -0.3 is 5.32 Å². The maximum absolute atomic E-state index is 12.7.